The van der Waals surface area contributed by atoms with Crippen molar-refractivity contribution in [1.82, 2.24) is 24.6 Å². The van der Waals surface area contributed by atoms with Crippen LogP contribution in [0.1, 0.15) is 16.1 Å². The zero-order valence-corrected chi connectivity index (χ0v) is 13.2. The van der Waals surface area contributed by atoms with Gasteiger partial charge < -0.3 is 5.32 Å². The lowest BCUT2D eigenvalue weighted by atomic mass is 10.2. The van der Waals surface area contributed by atoms with E-state index in [4.69, 9.17) is 0 Å². The van der Waals surface area contributed by atoms with Crippen LogP contribution in [-0.4, -0.2) is 30.5 Å². The van der Waals surface area contributed by atoms with Gasteiger partial charge in [0.1, 0.15) is 11.5 Å². The predicted molar refractivity (Wildman–Crippen MR) is 89.7 cm³/mol. The Kier molecular flexibility index (Phi) is 3.50. The smallest absolute Gasteiger partial charge is 0.280 e. The number of aryl methyl sites for hydroxylation is 1. The lowest BCUT2D eigenvalue weighted by Gasteiger charge is -2.03. The monoisotopic (exact) mass is 336 g/mol. The van der Waals surface area contributed by atoms with E-state index in [-0.39, 0.29) is 5.69 Å². The number of amides is 1. The Morgan fingerprint density at radius 3 is 3.00 bits per heavy atom. The van der Waals surface area contributed by atoms with E-state index in [1.54, 1.807) is 42.9 Å². The summed E-state index contributed by atoms with van der Waals surface area (Å²) in [4.78, 5) is 20.8. The Morgan fingerprint density at radius 1 is 1.32 bits per heavy atom. The van der Waals surface area contributed by atoms with E-state index in [0.29, 0.717) is 22.7 Å². The van der Waals surface area contributed by atoms with E-state index in [0.717, 1.165) is 5.56 Å². The molecule has 0 radical (unpaired) electrons. The molecule has 0 saturated carbocycles. The number of imidazole rings is 1. The number of halogens is 1. The molecule has 25 heavy (non-hydrogen) atoms. The summed E-state index contributed by atoms with van der Waals surface area (Å²) in [5.74, 6) is -1.05. The Bertz CT molecular complexity index is 1070. The standard InChI is InChI=1S/C17H13FN6O/c1-10-5-7-24-13(8-10)21-14(15(24)18)17(25)22-16-11(9-20-23-16)12-4-2-3-6-19-12/h2-9H,1H3,(H2,20,22,23,25). The van der Waals surface area contributed by atoms with E-state index in [9.17, 15) is 9.18 Å². The SMILES string of the molecule is Cc1ccn2c(F)c(C(=O)Nc3[nH]ncc3-c3ccccn3)nc2c1. The highest BCUT2D eigenvalue weighted by molar-refractivity contribution is 6.04. The summed E-state index contributed by atoms with van der Waals surface area (Å²) in [5.41, 5.74) is 2.26. The molecule has 124 valence electrons. The summed E-state index contributed by atoms with van der Waals surface area (Å²) in [7, 11) is 0. The summed E-state index contributed by atoms with van der Waals surface area (Å²) < 4.78 is 15.7. The molecule has 0 atom stereocenters. The molecule has 0 spiro atoms. The van der Waals surface area contributed by atoms with Crippen LogP contribution in [-0.2, 0) is 0 Å². The van der Waals surface area contributed by atoms with Crippen LogP contribution >= 0.6 is 0 Å². The number of nitrogens with one attached hydrogen (secondary N) is 2. The lowest BCUT2D eigenvalue weighted by molar-refractivity contribution is 0.101. The molecule has 4 aromatic heterocycles. The maximum Gasteiger partial charge on any atom is 0.280 e. The van der Waals surface area contributed by atoms with Gasteiger partial charge in [-0.3, -0.25) is 19.3 Å². The average Bonchev–Trinajstić information content (AvgIpc) is 3.20. The molecular formula is C17H13FN6O. The molecule has 0 bridgehead atoms. The Labute approximate surface area is 141 Å². The minimum Gasteiger partial charge on any atom is -0.305 e. The fourth-order valence-corrected chi connectivity index (χ4v) is 2.53. The van der Waals surface area contributed by atoms with E-state index in [1.807, 2.05) is 13.0 Å². The van der Waals surface area contributed by atoms with Gasteiger partial charge >= 0.3 is 0 Å². The molecule has 2 N–H and O–H groups in total. The molecule has 0 fully saturated rings. The number of carbonyl (C=O) groups excluding carboxylic acids is 1. The van der Waals surface area contributed by atoms with Crippen molar-refractivity contribution >= 4 is 17.4 Å². The van der Waals surface area contributed by atoms with Crippen molar-refractivity contribution in [2.45, 2.75) is 6.92 Å². The molecular weight excluding hydrogens is 323 g/mol. The molecule has 1 amide bonds. The second-order valence-electron chi connectivity index (χ2n) is 5.51. The van der Waals surface area contributed by atoms with Gasteiger partial charge in [0.15, 0.2) is 5.69 Å². The molecule has 0 aliphatic carbocycles. The van der Waals surface area contributed by atoms with Crippen LogP contribution in [0.15, 0.2) is 48.9 Å². The third-order valence-corrected chi connectivity index (χ3v) is 3.76. The molecule has 4 rings (SSSR count). The van der Waals surface area contributed by atoms with Crippen LogP contribution in [0.25, 0.3) is 16.9 Å². The van der Waals surface area contributed by atoms with Gasteiger partial charge in [-0.05, 0) is 36.8 Å². The molecule has 0 aliphatic heterocycles. The first kappa shape index (κ1) is 15.0. The predicted octanol–water partition coefficient (Wildman–Crippen LogP) is 2.82. The molecule has 0 saturated heterocycles. The van der Waals surface area contributed by atoms with E-state index < -0.39 is 11.9 Å². The van der Waals surface area contributed by atoms with E-state index in [1.165, 1.54) is 4.40 Å². The number of anilines is 1. The summed E-state index contributed by atoms with van der Waals surface area (Å²) >= 11 is 0. The van der Waals surface area contributed by atoms with Crippen molar-refractivity contribution in [2.75, 3.05) is 5.32 Å². The number of aromatic amines is 1. The van der Waals surface area contributed by atoms with Crippen molar-refractivity contribution < 1.29 is 9.18 Å². The second-order valence-corrected chi connectivity index (χ2v) is 5.51. The van der Waals surface area contributed by atoms with E-state index in [2.05, 4.69) is 25.5 Å². The van der Waals surface area contributed by atoms with Gasteiger partial charge in [0, 0.05) is 12.4 Å². The van der Waals surface area contributed by atoms with Crippen LogP contribution in [0.5, 0.6) is 0 Å². The first-order valence-corrected chi connectivity index (χ1v) is 7.54. The van der Waals surface area contributed by atoms with Crippen molar-refractivity contribution in [1.29, 1.82) is 0 Å². The molecule has 8 heteroatoms. The maximum atomic E-state index is 14.5. The minimum absolute atomic E-state index is 0.285. The lowest BCUT2D eigenvalue weighted by Crippen LogP contribution is -2.15. The fourth-order valence-electron chi connectivity index (χ4n) is 2.53. The maximum absolute atomic E-state index is 14.5. The number of aromatic nitrogens is 5. The van der Waals surface area contributed by atoms with Gasteiger partial charge in [-0.15, -0.1) is 0 Å². The number of rotatable bonds is 3. The summed E-state index contributed by atoms with van der Waals surface area (Å²) in [6.07, 6.45) is 4.72. The van der Waals surface area contributed by atoms with Crippen LogP contribution in [0, 0.1) is 12.9 Å². The molecule has 0 unspecified atom stereocenters. The molecule has 0 aliphatic rings. The Hall–Kier alpha value is -3.55. The van der Waals surface area contributed by atoms with Crippen LogP contribution in [0.3, 0.4) is 0 Å². The van der Waals surface area contributed by atoms with Crippen molar-refractivity contribution in [2.24, 2.45) is 0 Å². The largest absolute Gasteiger partial charge is 0.305 e. The van der Waals surface area contributed by atoms with Gasteiger partial charge in [-0.2, -0.15) is 9.49 Å². The third-order valence-electron chi connectivity index (χ3n) is 3.76. The van der Waals surface area contributed by atoms with Gasteiger partial charge in [0.05, 0.1) is 17.5 Å². The summed E-state index contributed by atoms with van der Waals surface area (Å²) in [5, 5.41) is 9.22. The highest BCUT2D eigenvalue weighted by Gasteiger charge is 2.21. The number of H-pyrrole nitrogens is 1. The van der Waals surface area contributed by atoms with Crippen molar-refractivity contribution in [3.8, 4) is 11.3 Å². The first-order chi connectivity index (χ1) is 12.1. The highest BCUT2D eigenvalue weighted by atomic mass is 19.1. The molecule has 4 heterocycles. The summed E-state index contributed by atoms with van der Waals surface area (Å²) in [6, 6.07) is 8.85. The fraction of sp³-hybridized carbons (Fsp3) is 0.0588. The Balaban J connectivity index is 1.68. The molecule has 7 nitrogen and oxygen atoms in total. The highest BCUT2D eigenvalue weighted by Crippen LogP contribution is 2.24. The number of nitrogens with zero attached hydrogens (tertiary/aromatic N) is 4. The number of pyridine rings is 2. The molecule has 4 aromatic rings. The van der Waals surface area contributed by atoms with Gasteiger partial charge in [-0.1, -0.05) is 6.07 Å². The van der Waals surface area contributed by atoms with E-state index >= 15 is 0 Å². The zero-order chi connectivity index (χ0) is 17.4. The number of hydrogen-bond acceptors (Lipinski definition) is 4. The topological polar surface area (TPSA) is 88.0 Å². The average molecular weight is 336 g/mol. The number of carbonyl (C=O) groups is 1. The van der Waals surface area contributed by atoms with Crippen LogP contribution < -0.4 is 5.32 Å². The first-order valence-electron chi connectivity index (χ1n) is 7.54. The summed E-state index contributed by atoms with van der Waals surface area (Å²) in [6.45, 7) is 1.87. The van der Waals surface area contributed by atoms with Gasteiger partial charge in [0.25, 0.3) is 5.91 Å². The van der Waals surface area contributed by atoms with Crippen molar-refractivity contribution in [3.05, 3.63) is 66.1 Å². The quantitative estimate of drug-likeness (QED) is 0.602. The molecule has 0 aromatic carbocycles. The Morgan fingerprint density at radius 2 is 2.20 bits per heavy atom. The van der Waals surface area contributed by atoms with Crippen LogP contribution in [0.4, 0.5) is 10.2 Å². The van der Waals surface area contributed by atoms with Crippen LogP contribution in [0.2, 0.25) is 0 Å². The normalized spacial score (nSPS) is 11.0. The third kappa shape index (κ3) is 2.63. The zero-order valence-electron chi connectivity index (χ0n) is 13.2. The van der Waals surface area contributed by atoms with Gasteiger partial charge in [-0.25, -0.2) is 4.98 Å². The number of hydrogen-bond donors (Lipinski definition) is 2. The van der Waals surface area contributed by atoms with Crippen molar-refractivity contribution in [3.63, 3.8) is 0 Å². The number of fused-ring (bicyclic) bond motifs is 1. The second kappa shape index (κ2) is 5.82. The minimum atomic E-state index is -0.716. The van der Waals surface area contributed by atoms with Gasteiger partial charge in [0.2, 0.25) is 5.95 Å².